The average molecular weight is 287 g/mol. The van der Waals surface area contributed by atoms with Crippen molar-refractivity contribution in [2.24, 2.45) is 5.73 Å². The first kappa shape index (κ1) is 14.3. The topological polar surface area (TPSA) is 51.4 Å². The van der Waals surface area contributed by atoms with Crippen molar-refractivity contribution in [2.45, 2.75) is 6.54 Å². The number of nitrogens with zero attached hydrogens (tertiary/aromatic N) is 2. The normalized spacial score (nSPS) is 10.1. The lowest BCUT2D eigenvalue weighted by atomic mass is 10.2. The van der Waals surface area contributed by atoms with Gasteiger partial charge >= 0.3 is 0 Å². The smallest absolute Gasteiger partial charge is 0.122 e. The molecule has 2 N–H and O–H groups in total. The van der Waals surface area contributed by atoms with E-state index in [-0.39, 0.29) is 0 Å². The summed E-state index contributed by atoms with van der Waals surface area (Å²) in [6.07, 6.45) is 1.72. The van der Waals surface area contributed by atoms with Gasteiger partial charge in [-0.1, -0.05) is 24.4 Å². The molecule has 4 nitrogen and oxygen atoms in total. The summed E-state index contributed by atoms with van der Waals surface area (Å²) in [6, 6.07) is 11.8. The van der Waals surface area contributed by atoms with E-state index in [0.29, 0.717) is 10.7 Å². The molecule has 1 aromatic carbocycles. The van der Waals surface area contributed by atoms with Gasteiger partial charge in [-0.3, -0.25) is 4.98 Å². The second-order valence-corrected chi connectivity index (χ2v) is 4.91. The van der Waals surface area contributed by atoms with Crippen molar-refractivity contribution >= 4 is 22.9 Å². The highest BCUT2D eigenvalue weighted by Gasteiger charge is 2.05. The number of benzene rings is 1. The lowest BCUT2D eigenvalue weighted by Gasteiger charge is -2.20. The fraction of sp³-hybridized carbons (Fsp3) is 0.200. The van der Waals surface area contributed by atoms with Crippen LogP contribution in [0.1, 0.15) is 11.3 Å². The number of methoxy groups -OCH3 is 1. The molecule has 0 spiro atoms. The third-order valence-electron chi connectivity index (χ3n) is 3.02. The number of anilines is 1. The molecule has 5 heteroatoms. The predicted molar refractivity (Wildman–Crippen MR) is 85.2 cm³/mol. The molecule has 0 saturated carbocycles. The van der Waals surface area contributed by atoms with Gasteiger partial charge in [0.2, 0.25) is 0 Å². The minimum atomic E-state index is 0.310. The van der Waals surface area contributed by atoms with Gasteiger partial charge in [0, 0.05) is 25.5 Å². The highest BCUT2D eigenvalue weighted by atomic mass is 32.1. The van der Waals surface area contributed by atoms with E-state index in [1.807, 2.05) is 43.4 Å². The van der Waals surface area contributed by atoms with Crippen molar-refractivity contribution in [1.29, 1.82) is 0 Å². The van der Waals surface area contributed by atoms with E-state index >= 15 is 0 Å². The van der Waals surface area contributed by atoms with Gasteiger partial charge < -0.3 is 15.4 Å². The van der Waals surface area contributed by atoms with E-state index in [9.17, 15) is 0 Å². The van der Waals surface area contributed by atoms with E-state index in [1.165, 1.54) is 5.56 Å². The van der Waals surface area contributed by atoms with Gasteiger partial charge in [0.05, 0.1) is 12.8 Å². The third-order valence-corrected chi connectivity index (χ3v) is 3.22. The third kappa shape index (κ3) is 3.45. The van der Waals surface area contributed by atoms with Gasteiger partial charge in [-0.05, 0) is 29.8 Å². The standard InChI is InChI=1S/C15H17N3OS/c1-18(10-11-3-5-13(19-2)6-4-11)12-7-8-17-14(9-12)15(16)20/h3-9H,10H2,1-2H3,(H2,16,20). The summed E-state index contributed by atoms with van der Waals surface area (Å²) in [5, 5.41) is 0. The van der Waals surface area contributed by atoms with Crippen molar-refractivity contribution in [3.05, 3.63) is 53.9 Å². The lowest BCUT2D eigenvalue weighted by Crippen LogP contribution is -2.18. The molecule has 104 valence electrons. The summed E-state index contributed by atoms with van der Waals surface area (Å²) < 4.78 is 5.15. The SMILES string of the molecule is COc1ccc(CN(C)c2ccnc(C(N)=S)c2)cc1. The van der Waals surface area contributed by atoms with E-state index in [0.717, 1.165) is 18.0 Å². The Morgan fingerprint density at radius 1 is 1.30 bits per heavy atom. The van der Waals surface area contributed by atoms with E-state index in [2.05, 4.69) is 9.88 Å². The summed E-state index contributed by atoms with van der Waals surface area (Å²) in [7, 11) is 3.68. The van der Waals surface area contributed by atoms with Crippen LogP contribution in [0.3, 0.4) is 0 Å². The van der Waals surface area contributed by atoms with Crippen LogP contribution in [0.15, 0.2) is 42.6 Å². The summed E-state index contributed by atoms with van der Waals surface area (Å²) in [4.78, 5) is 6.57. The van der Waals surface area contributed by atoms with Crippen LogP contribution in [0, 0.1) is 0 Å². The molecule has 0 atom stereocenters. The summed E-state index contributed by atoms with van der Waals surface area (Å²) in [5.41, 5.74) is 8.46. The monoisotopic (exact) mass is 287 g/mol. The number of hydrogen-bond donors (Lipinski definition) is 1. The predicted octanol–water partition coefficient (Wildman–Crippen LogP) is 2.36. The molecule has 0 aliphatic rings. The molecule has 0 bridgehead atoms. The minimum Gasteiger partial charge on any atom is -0.497 e. The molecular weight excluding hydrogens is 270 g/mol. The van der Waals surface area contributed by atoms with Crippen LogP contribution in [0.5, 0.6) is 5.75 Å². The molecule has 0 unspecified atom stereocenters. The highest BCUT2D eigenvalue weighted by Crippen LogP contribution is 2.17. The number of nitrogens with two attached hydrogens (primary N) is 1. The maximum atomic E-state index is 5.60. The molecule has 2 rings (SSSR count). The van der Waals surface area contributed by atoms with Gasteiger partial charge in [-0.25, -0.2) is 0 Å². The van der Waals surface area contributed by atoms with Crippen LogP contribution in [0.4, 0.5) is 5.69 Å². The van der Waals surface area contributed by atoms with Gasteiger partial charge in [0.25, 0.3) is 0 Å². The van der Waals surface area contributed by atoms with Crippen LogP contribution < -0.4 is 15.4 Å². The van der Waals surface area contributed by atoms with Gasteiger partial charge in [0.15, 0.2) is 0 Å². The van der Waals surface area contributed by atoms with Gasteiger partial charge in [0.1, 0.15) is 10.7 Å². The maximum Gasteiger partial charge on any atom is 0.122 e. The van der Waals surface area contributed by atoms with Crippen molar-refractivity contribution < 1.29 is 4.74 Å². The quantitative estimate of drug-likeness (QED) is 0.856. The van der Waals surface area contributed by atoms with Crippen LogP contribution in [-0.2, 0) is 6.54 Å². The molecule has 1 aromatic heterocycles. The Hall–Kier alpha value is -2.14. The summed E-state index contributed by atoms with van der Waals surface area (Å²) >= 11 is 4.95. The van der Waals surface area contributed by atoms with Crippen molar-refractivity contribution in [3.8, 4) is 5.75 Å². The largest absolute Gasteiger partial charge is 0.497 e. The second-order valence-electron chi connectivity index (χ2n) is 4.47. The molecular formula is C15H17N3OS. The number of hydrogen-bond acceptors (Lipinski definition) is 4. The van der Waals surface area contributed by atoms with Crippen LogP contribution in [0.25, 0.3) is 0 Å². The second kappa shape index (κ2) is 6.34. The molecule has 0 saturated heterocycles. The molecule has 2 aromatic rings. The van der Waals surface area contributed by atoms with Crippen molar-refractivity contribution in [3.63, 3.8) is 0 Å². The first-order chi connectivity index (χ1) is 9.60. The Labute approximate surface area is 124 Å². The zero-order valence-electron chi connectivity index (χ0n) is 11.5. The van der Waals surface area contributed by atoms with Crippen molar-refractivity contribution in [2.75, 3.05) is 19.1 Å². The number of ether oxygens (including phenoxy) is 1. The summed E-state index contributed by atoms with van der Waals surface area (Å²) in [5.74, 6) is 0.857. The Bertz CT molecular complexity index is 598. The first-order valence-corrected chi connectivity index (χ1v) is 6.61. The molecule has 20 heavy (non-hydrogen) atoms. The minimum absolute atomic E-state index is 0.310. The summed E-state index contributed by atoms with van der Waals surface area (Å²) in [6.45, 7) is 0.783. The number of pyridine rings is 1. The van der Waals surface area contributed by atoms with Crippen LogP contribution in [0.2, 0.25) is 0 Å². The van der Waals surface area contributed by atoms with Crippen molar-refractivity contribution in [1.82, 2.24) is 4.98 Å². The molecule has 0 fully saturated rings. The fourth-order valence-corrected chi connectivity index (χ4v) is 2.00. The zero-order chi connectivity index (χ0) is 14.5. The van der Waals surface area contributed by atoms with Crippen LogP contribution >= 0.6 is 12.2 Å². The molecule has 0 amide bonds. The Balaban J connectivity index is 2.12. The molecule has 0 aliphatic heterocycles. The Morgan fingerprint density at radius 3 is 2.60 bits per heavy atom. The first-order valence-electron chi connectivity index (χ1n) is 6.20. The van der Waals surface area contributed by atoms with Crippen LogP contribution in [-0.4, -0.2) is 24.1 Å². The number of rotatable bonds is 5. The van der Waals surface area contributed by atoms with E-state index in [1.54, 1.807) is 13.3 Å². The molecule has 0 radical (unpaired) electrons. The highest BCUT2D eigenvalue weighted by molar-refractivity contribution is 7.80. The van der Waals surface area contributed by atoms with Gasteiger partial charge in [-0.2, -0.15) is 0 Å². The Kier molecular flexibility index (Phi) is 4.53. The molecule has 1 heterocycles. The number of thiocarbonyl (C=S) groups is 1. The van der Waals surface area contributed by atoms with Gasteiger partial charge in [-0.15, -0.1) is 0 Å². The van der Waals surface area contributed by atoms with E-state index < -0.39 is 0 Å². The maximum absolute atomic E-state index is 5.60. The zero-order valence-corrected chi connectivity index (χ0v) is 12.4. The fourth-order valence-electron chi connectivity index (χ4n) is 1.89. The van der Waals surface area contributed by atoms with E-state index in [4.69, 9.17) is 22.7 Å². The Morgan fingerprint density at radius 2 is 2.00 bits per heavy atom. The lowest BCUT2D eigenvalue weighted by molar-refractivity contribution is 0.414. The number of aromatic nitrogens is 1. The average Bonchev–Trinajstić information content (AvgIpc) is 2.48. The molecule has 0 aliphatic carbocycles.